The van der Waals surface area contributed by atoms with Crippen LogP contribution in [0.2, 0.25) is 0 Å². The van der Waals surface area contributed by atoms with Crippen molar-refractivity contribution in [2.45, 2.75) is 6.42 Å². The standard InChI is InChI=1S/C12H13BrN2/c13-10-3-9(5-14-6-10)11-2-1-8-4-15-7-12(8)11/h2-3,5-6,8,12,15H,1,4,7H2/t8-,12+/m1/s1. The number of pyridine rings is 1. The molecule has 0 radical (unpaired) electrons. The number of hydrogen-bond acceptors (Lipinski definition) is 2. The van der Waals surface area contributed by atoms with Crippen LogP contribution < -0.4 is 5.32 Å². The lowest BCUT2D eigenvalue weighted by atomic mass is 9.91. The molecule has 78 valence electrons. The van der Waals surface area contributed by atoms with E-state index in [9.17, 15) is 0 Å². The Hall–Kier alpha value is -0.670. The van der Waals surface area contributed by atoms with Crippen LogP contribution in [0.15, 0.2) is 29.0 Å². The maximum atomic E-state index is 4.23. The summed E-state index contributed by atoms with van der Waals surface area (Å²) in [7, 11) is 0. The number of nitrogens with one attached hydrogen (secondary N) is 1. The van der Waals surface area contributed by atoms with E-state index in [-0.39, 0.29) is 0 Å². The molecule has 15 heavy (non-hydrogen) atoms. The molecule has 1 N–H and O–H groups in total. The van der Waals surface area contributed by atoms with Crippen molar-refractivity contribution in [3.05, 3.63) is 34.6 Å². The van der Waals surface area contributed by atoms with Gasteiger partial charge in [-0.1, -0.05) is 6.08 Å². The number of nitrogens with zero attached hydrogens (tertiary/aromatic N) is 1. The molecule has 2 heterocycles. The minimum absolute atomic E-state index is 0.709. The van der Waals surface area contributed by atoms with Crippen LogP contribution in [0.3, 0.4) is 0 Å². The van der Waals surface area contributed by atoms with Gasteiger partial charge in [-0.05, 0) is 52.0 Å². The Kier molecular flexibility index (Phi) is 2.37. The van der Waals surface area contributed by atoms with E-state index >= 15 is 0 Å². The fraction of sp³-hybridized carbons (Fsp3) is 0.417. The fourth-order valence-corrected chi connectivity index (χ4v) is 3.04. The van der Waals surface area contributed by atoms with E-state index < -0.39 is 0 Å². The van der Waals surface area contributed by atoms with Crippen LogP contribution >= 0.6 is 15.9 Å². The van der Waals surface area contributed by atoms with Crippen LogP contribution in [0.4, 0.5) is 0 Å². The van der Waals surface area contributed by atoms with Gasteiger partial charge in [-0.15, -0.1) is 0 Å². The molecule has 1 aromatic rings. The van der Waals surface area contributed by atoms with Gasteiger partial charge >= 0.3 is 0 Å². The lowest BCUT2D eigenvalue weighted by Gasteiger charge is -2.13. The summed E-state index contributed by atoms with van der Waals surface area (Å²) in [6, 6.07) is 2.17. The Bertz CT molecular complexity index is 414. The average molecular weight is 265 g/mol. The van der Waals surface area contributed by atoms with E-state index in [4.69, 9.17) is 0 Å². The number of hydrogen-bond donors (Lipinski definition) is 1. The molecule has 1 aromatic heterocycles. The maximum Gasteiger partial charge on any atom is 0.0410 e. The van der Waals surface area contributed by atoms with Crippen molar-refractivity contribution in [2.24, 2.45) is 11.8 Å². The molecular formula is C12H13BrN2. The summed E-state index contributed by atoms with van der Waals surface area (Å²) in [6.07, 6.45) is 7.42. The van der Waals surface area contributed by atoms with Crippen molar-refractivity contribution in [3.63, 3.8) is 0 Å². The third kappa shape index (κ3) is 1.64. The van der Waals surface area contributed by atoms with Gasteiger partial charge in [0.15, 0.2) is 0 Å². The first kappa shape index (κ1) is 9.55. The zero-order chi connectivity index (χ0) is 10.3. The number of aromatic nitrogens is 1. The Morgan fingerprint density at radius 2 is 2.27 bits per heavy atom. The van der Waals surface area contributed by atoms with Gasteiger partial charge in [-0.2, -0.15) is 0 Å². The Morgan fingerprint density at radius 1 is 1.33 bits per heavy atom. The summed E-state index contributed by atoms with van der Waals surface area (Å²) < 4.78 is 1.07. The monoisotopic (exact) mass is 264 g/mol. The van der Waals surface area contributed by atoms with Crippen molar-refractivity contribution < 1.29 is 0 Å². The highest BCUT2D eigenvalue weighted by Crippen LogP contribution is 2.40. The van der Waals surface area contributed by atoms with Gasteiger partial charge in [-0.3, -0.25) is 4.98 Å². The summed E-state index contributed by atoms with van der Waals surface area (Å²) in [4.78, 5) is 4.23. The van der Waals surface area contributed by atoms with Gasteiger partial charge in [-0.25, -0.2) is 0 Å². The van der Waals surface area contributed by atoms with Crippen molar-refractivity contribution in [3.8, 4) is 0 Å². The van der Waals surface area contributed by atoms with Crippen LogP contribution in [0, 0.1) is 11.8 Å². The second-order valence-electron chi connectivity index (χ2n) is 4.31. The van der Waals surface area contributed by atoms with Gasteiger partial charge in [0.1, 0.15) is 0 Å². The molecule has 2 nitrogen and oxygen atoms in total. The molecule has 1 saturated heterocycles. The predicted molar refractivity (Wildman–Crippen MR) is 64.4 cm³/mol. The molecule has 0 bridgehead atoms. The van der Waals surface area contributed by atoms with E-state index in [2.05, 4.69) is 38.4 Å². The molecule has 3 rings (SSSR count). The van der Waals surface area contributed by atoms with Crippen LogP contribution in [0.1, 0.15) is 12.0 Å². The summed E-state index contributed by atoms with van der Waals surface area (Å²) in [5, 5.41) is 3.47. The molecule has 0 saturated carbocycles. The highest BCUT2D eigenvalue weighted by Gasteiger charge is 2.34. The largest absolute Gasteiger partial charge is 0.316 e. The van der Waals surface area contributed by atoms with Crippen molar-refractivity contribution >= 4 is 21.5 Å². The van der Waals surface area contributed by atoms with E-state index in [1.54, 1.807) is 0 Å². The Labute approximate surface area is 97.9 Å². The molecule has 1 aliphatic carbocycles. The SMILES string of the molecule is Brc1cncc(C2=CC[C@@H]3CNC[C@H]23)c1. The maximum absolute atomic E-state index is 4.23. The number of rotatable bonds is 1. The Morgan fingerprint density at radius 3 is 3.13 bits per heavy atom. The first-order chi connectivity index (χ1) is 7.34. The number of fused-ring (bicyclic) bond motifs is 1. The van der Waals surface area contributed by atoms with Crippen molar-refractivity contribution in [1.29, 1.82) is 0 Å². The van der Waals surface area contributed by atoms with Crippen molar-refractivity contribution in [2.75, 3.05) is 13.1 Å². The normalized spacial score (nSPS) is 29.0. The minimum Gasteiger partial charge on any atom is -0.316 e. The van der Waals surface area contributed by atoms with Crippen LogP contribution in [-0.2, 0) is 0 Å². The minimum atomic E-state index is 0.709. The molecule has 0 aromatic carbocycles. The van der Waals surface area contributed by atoms with E-state index in [1.165, 1.54) is 24.1 Å². The molecule has 0 spiro atoms. The highest BCUT2D eigenvalue weighted by molar-refractivity contribution is 9.10. The second kappa shape index (κ2) is 3.72. The van der Waals surface area contributed by atoms with E-state index in [1.807, 2.05) is 12.4 Å². The molecule has 2 atom stereocenters. The molecular weight excluding hydrogens is 252 g/mol. The first-order valence-electron chi connectivity index (χ1n) is 5.36. The third-order valence-corrected chi connectivity index (χ3v) is 3.85. The van der Waals surface area contributed by atoms with Gasteiger partial charge in [0.05, 0.1) is 0 Å². The van der Waals surface area contributed by atoms with Crippen LogP contribution in [0.5, 0.6) is 0 Å². The lowest BCUT2D eigenvalue weighted by Crippen LogP contribution is -2.10. The molecule has 2 aliphatic rings. The Balaban J connectivity index is 1.94. The summed E-state index contributed by atoms with van der Waals surface area (Å²) in [6.45, 7) is 2.30. The lowest BCUT2D eigenvalue weighted by molar-refractivity contribution is 0.542. The average Bonchev–Trinajstić information content (AvgIpc) is 2.77. The summed E-state index contributed by atoms with van der Waals surface area (Å²) >= 11 is 3.48. The number of halogens is 1. The van der Waals surface area contributed by atoms with E-state index in [0.717, 1.165) is 16.9 Å². The molecule has 3 heteroatoms. The summed E-state index contributed by atoms with van der Waals surface area (Å²) in [5.41, 5.74) is 2.76. The van der Waals surface area contributed by atoms with Gasteiger partial charge < -0.3 is 5.32 Å². The van der Waals surface area contributed by atoms with Gasteiger partial charge in [0.25, 0.3) is 0 Å². The van der Waals surface area contributed by atoms with Gasteiger partial charge in [0, 0.05) is 29.3 Å². The quantitative estimate of drug-likeness (QED) is 0.843. The summed E-state index contributed by atoms with van der Waals surface area (Å²) in [5.74, 6) is 1.53. The van der Waals surface area contributed by atoms with Gasteiger partial charge in [0.2, 0.25) is 0 Å². The predicted octanol–water partition coefficient (Wildman–Crippen LogP) is 2.47. The highest BCUT2D eigenvalue weighted by atomic mass is 79.9. The fourth-order valence-electron chi connectivity index (χ4n) is 2.68. The molecule has 0 amide bonds. The molecule has 0 unspecified atom stereocenters. The van der Waals surface area contributed by atoms with Crippen molar-refractivity contribution in [1.82, 2.24) is 10.3 Å². The third-order valence-electron chi connectivity index (χ3n) is 3.42. The zero-order valence-corrected chi connectivity index (χ0v) is 10.00. The van der Waals surface area contributed by atoms with Crippen LogP contribution in [0.25, 0.3) is 5.57 Å². The second-order valence-corrected chi connectivity index (χ2v) is 5.23. The smallest absolute Gasteiger partial charge is 0.0410 e. The van der Waals surface area contributed by atoms with Crippen LogP contribution in [-0.4, -0.2) is 18.1 Å². The molecule has 1 aliphatic heterocycles. The van der Waals surface area contributed by atoms with E-state index in [0.29, 0.717) is 5.92 Å². The molecule has 1 fully saturated rings. The first-order valence-corrected chi connectivity index (χ1v) is 6.15. The topological polar surface area (TPSA) is 24.9 Å². The number of allylic oxidation sites excluding steroid dienone is 1. The zero-order valence-electron chi connectivity index (χ0n) is 8.41.